The molecule has 1 aromatic carbocycles. The third-order valence-electron chi connectivity index (χ3n) is 5.15. The lowest BCUT2D eigenvalue weighted by Crippen LogP contribution is -2.39. The van der Waals surface area contributed by atoms with Gasteiger partial charge in [0, 0.05) is 24.7 Å². The van der Waals surface area contributed by atoms with Crippen molar-refractivity contribution in [3.8, 4) is 5.75 Å². The Kier molecular flexibility index (Phi) is 5.47. The number of hydrogen-bond donors (Lipinski definition) is 0. The lowest BCUT2D eigenvalue weighted by molar-refractivity contribution is 0.0691. The van der Waals surface area contributed by atoms with Crippen LogP contribution in [0.15, 0.2) is 42.7 Å². The van der Waals surface area contributed by atoms with E-state index >= 15 is 0 Å². The second-order valence-electron chi connectivity index (χ2n) is 7.92. The topological polar surface area (TPSA) is 60.2 Å². The zero-order valence-corrected chi connectivity index (χ0v) is 16.7. The normalized spacial score (nSPS) is 16.7. The van der Waals surface area contributed by atoms with Crippen LogP contribution in [-0.4, -0.2) is 44.8 Å². The molecule has 29 heavy (non-hydrogen) atoms. The van der Waals surface area contributed by atoms with Crippen molar-refractivity contribution in [3.05, 3.63) is 54.1 Å². The molecule has 1 aliphatic rings. The van der Waals surface area contributed by atoms with Crippen LogP contribution in [0, 0.1) is 11.7 Å². The first kappa shape index (κ1) is 19.4. The second kappa shape index (κ2) is 8.19. The summed E-state index contributed by atoms with van der Waals surface area (Å²) < 4.78 is 20.7. The number of benzene rings is 1. The van der Waals surface area contributed by atoms with Crippen molar-refractivity contribution in [1.29, 1.82) is 0 Å². The van der Waals surface area contributed by atoms with Crippen molar-refractivity contribution in [3.63, 3.8) is 0 Å². The van der Waals surface area contributed by atoms with E-state index in [1.165, 1.54) is 12.1 Å². The van der Waals surface area contributed by atoms with Crippen LogP contribution in [0.3, 0.4) is 0 Å². The zero-order chi connectivity index (χ0) is 20.4. The van der Waals surface area contributed by atoms with Gasteiger partial charge in [0.25, 0.3) is 5.91 Å². The monoisotopic (exact) mass is 396 g/mol. The van der Waals surface area contributed by atoms with E-state index < -0.39 is 0 Å². The van der Waals surface area contributed by atoms with Crippen LogP contribution in [0.1, 0.15) is 37.0 Å². The molecule has 6 nitrogen and oxygen atoms in total. The Balaban J connectivity index is 1.46. The first-order valence-electron chi connectivity index (χ1n) is 10.0. The van der Waals surface area contributed by atoms with Crippen LogP contribution in [0.25, 0.3) is 11.0 Å². The highest BCUT2D eigenvalue weighted by atomic mass is 19.1. The molecule has 1 fully saturated rings. The summed E-state index contributed by atoms with van der Waals surface area (Å²) in [6.45, 7) is 6.14. The van der Waals surface area contributed by atoms with Crippen molar-refractivity contribution < 1.29 is 13.9 Å². The van der Waals surface area contributed by atoms with E-state index in [4.69, 9.17) is 4.74 Å². The third-order valence-corrected chi connectivity index (χ3v) is 5.15. The highest BCUT2D eigenvalue weighted by Gasteiger charge is 2.30. The molecule has 0 bridgehead atoms. The molecule has 0 radical (unpaired) electrons. The Morgan fingerprint density at radius 3 is 2.83 bits per heavy atom. The molecule has 1 atom stereocenters. The zero-order valence-electron chi connectivity index (χ0n) is 16.7. The molecular formula is C22H25FN4O2. The van der Waals surface area contributed by atoms with Gasteiger partial charge in [-0.05, 0) is 49.1 Å². The second-order valence-corrected chi connectivity index (χ2v) is 7.92. The fourth-order valence-electron chi connectivity index (χ4n) is 3.73. The quantitative estimate of drug-likeness (QED) is 0.634. The first-order valence-corrected chi connectivity index (χ1v) is 10.0. The van der Waals surface area contributed by atoms with Crippen molar-refractivity contribution >= 4 is 16.9 Å². The molecule has 7 heteroatoms. The van der Waals surface area contributed by atoms with Gasteiger partial charge in [-0.15, -0.1) is 0 Å². The molecule has 0 aliphatic carbocycles. The third kappa shape index (κ3) is 4.23. The number of hydrogen-bond acceptors (Lipinski definition) is 4. The summed E-state index contributed by atoms with van der Waals surface area (Å²) >= 11 is 0. The van der Waals surface area contributed by atoms with E-state index in [9.17, 15) is 9.18 Å². The summed E-state index contributed by atoms with van der Waals surface area (Å²) in [6.07, 6.45) is 5.22. The van der Waals surface area contributed by atoms with E-state index in [1.807, 2.05) is 15.6 Å². The number of rotatable bonds is 6. The number of nitrogens with zero attached hydrogens (tertiary/aromatic N) is 4. The SMILES string of the molecule is CC(C)Cn1ncc2cc(C(=O)N3CCCC3COc3ccc(F)cc3)cnc21. The molecule has 0 saturated carbocycles. The van der Waals surface area contributed by atoms with Gasteiger partial charge < -0.3 is 9.64 Å². The Bertz CT molecular complexity index is 1000. The first-order chi connectivity index (χ1) is 14.0. The number of likely N-dealkylation sites (tertiary alicyclic amines) is 1. The van der Waals surface area contributed by atoms with Gasteiger partial charge in [0.2, 0.25) is 0 Å². The summed E-state index contributed by atoms with van der Waals surface area (Å²) in [5, 5.41) is 5.27. The highest BCUT2D eigenvalue weighted by molar-refractivity contribution is 5.97. The Hall–Kier alpha value is -2.96. The van der Waals surface area contributed by atoms with Crippen LogP contribution >= 0.6 is 0 Å². The van der Waals surface area contributed by atoms with Crippen molar-refractivity contribution in [1.82, 2.24) is 19.7 Å². The molecule has 4 rings (SSSR count). The summed E-state index contributed by atoms with van der Waals surface area (Å²) in [7, 11) is 0. The largest absolute Gasteiger partial charge is 0.491 e. The summed E-state index contributed by atoms with van der Waals surface area (Å²) in [5.74, 6) is 0.731. The number of ether oxygens (including phenoxy) is 1. The average Bonchev–Trinajstić information content (AvgIpc) is 3.33. The lowest BCUT2D eigenvalue weighted by Gasteiger charge is -2.25. The minimum Gasteiger partial charge on any atom is -0.491 e. The van der Waals surface area contributed by atoms with E-state index in [-0.39, 0.29) is 17.8 Å². The Morgan fingerprint density at radius 2 is 2.07 bits per heavy atom. The van der Waals surface area contributed by atoms with Crippen molar-refractivity contribution in [2.24, 2.45) is 5.92 Å². The number of halogens is 1. The van der Waals surface area contributed by atoms with Gasteiger partial charge >= 0.3 is 0 Å². The molecule has 3 heterocycles. The number of carbonyl (C=O) groups is 1. The maximum atomic E-state index is 13.1. The highest BCUT2D eigenvalue weighted by Crippen LogP contribution is 2.23. The molecule has 1 aliphatic heterocycles. The fraction of sp³-hybridized carbons (Fsp3) is 0.409. The fourth-order valence-corrected chi connectivity index (χ4v) is 3.73. The van der Waals surface area contributed by atoms with Crippen molar-refractivity contribution in [2.45, 2.75) is 39.3 Å². The maximum absolute atomic E-state index is 13.1. The predicted molar refractivity (Wildman–Crippen MR) is 108 cm³/mol. The van der Waals surface area contributed by atoms with Gasteiger partial charge in [-0.3, -0.25) is 4.79 Å². The predicted octanol–water partition coefficient (Wildman–Crippen LogP) is 3.91. The molecular weight excluding hydrogens is 371 g/mol. The molecule has 0 N–H and O–H groups in total. The summed E-state index contributed by atoms with van der Waals surface area (Å²) in [4.78, 5) is 19.4. The van der Waals surface area contributed by atoms with Gasteiger partial charge in [0.05, 0.1) is 17.8 Å². The number of aromatic nitrogens is 3. The van der Waals surface area contributed by atoms with Gasteiger partial charge in [-0.25, -0.2) is 14.1 Å². The Morgan fingerprint density at radius 1 is 1.28 bits per heavy atom. The average molecular weight is 396 g/mol. The van der Waals surface area contributed by atoms with Crippen LogP contribution in [0.2, 0.25) is 0 Å². The molecule has 0 spiro atoms. The minimum atomic E-state index is -0.297. The molecule has 1 amide bonds. The van der Waals surface area contributed by atoms with Gasteiger partial charge in [-0.1, -0.05) is 13.8 Å². The summed E-state index contributed by atoms with van der Waals surface area (Å²) in [6, 6.07) is 7.80. The van der Waals surface area contributed by atoms with Gasteiger partial charge in [0.15, 0.2) is 5.65 Å². The number of carbonyl (C=O) groups excluding carboxylic acids is 1. The van der Waals surface area contributed by atoms with E-state index in [1.54, 1.807) is 24.5 Å². The molecule has 3 aromatic rings. The van der Waals surface area contributed by atoms with Crippen LogP contribution < -0.4 is 4.74 Å². The molecule has 1 saturated heterocycles. The van der Waals surface area contributed by atoms with E-state index in [0.29, 0.717) is 30.4 Å². The molecule has 2 aromatic heterocycles. The lowest BCUT2D eigenvalue weighted by atomic mass is 10.2. The number of amides is 1. The summed E-state index contributed by atoms with van der Waals surface area (Å²) in [5.41, 5.74) is 1.36. The Labute approximate surface area is 169 Å². The van der Waals surface area contributed by atoms with Crippen LogP contribution in [-0.2, 0) is 6.54 Å². The standard InChI is InChI=1S/C22H25FN4O2/c1-15(2)13-27-21-16(12-25-27)10-17(11-24-21)22(28)26-9-3-4-19(26)14-29-20-7-5-18(23)6-8-20/h5-8,10-12,15,19H,3-4,9,13-14H2,1-2H3. The van der Waals surface area contributed by atoms with Crippen LogP contribution in [0.5, 0.6) is 5.75 Å². The molecule has 152 valence electrons. The minimum absolute atomic E-state index is 0.00749. The number of pyridine rings is 1. The van der Waals surface area contributed by atoms with Crippen molar-refractivity contribution in [2.75, 3.05) is 13.2 Å². The molecule has 1 unspecified atom stereocenters. The smallest absolute Gasteiger partial charge is 0.255 e. The maximum Gasteiger partial charge on any atom is 0.255 e. The van der Waals surface area contributed by atoms with E-state index in [2.05, 4.69) is 23.9 Å². The van der Waals surface area contributed by atoms with Gasteiger partial charge in [0.1, 0.15) is 18.2 Å². The van der Waals surface area contributed by atoms with E-state index in [0.717, 1.165) is 30.4 Å². The number of fused-ring (bicyclic) bond motifs is 1. The van der Waals surface area contributed by atoms with Gasteiger partial charge in [-0.2, -0.15) is 5.10 Å². The van der Waals surface area contributed by atoms with Crippen LogP contribution in [0.4, 0.5) is 4.39 Å².